The lowest BCUT2D eigenvalue weighted by Gasteiger charge is -2.37. The molecule has 1 aliphatic heterocycles. The summed E-state index contributed by atoms with van der Waals surface area (Å²) in [6, 6.07) is 36.8. The van der Waals surface area contributed by atoms with Crippen LogP contribution >= 0.6 is 0 Å². The Labute approximate surface area is 215 Å². The van der Waals surface area contributed by atoms with Crippen molar-refractivity contribution in [2.75, 3.05) is 26.3 Å². The molecule has 1 aliphatic rings. The summed E-state index contributed by atoms with van der Waals surface area (Å²) in [4.78, 5) is 2.57. The van der Waals surface area contributed by atoms with Crippen LogP contribution in [0.25, 0.3) is 32.8 Å². The summed E-state index contributed by atoms with van der Waals surface area (Å²) < 4.78 is 10.3. The molecular formula is C31H29N5O. The zero-order chi connectivity index (χ0) is 24.6. The third kappa shape index (κ3) is 3.89. The normalized spacial score (nSPS) is 16.4. The summed E-state index contributed by atoms with van der Waals surface area (Å²) in [6.07, 6.45) is 0.769. The van der Waals surface area contributed by atoms with Crippen LogP contribution in [0.15, 0.2) is 103 Å². The van der Waals surface area contributed by atoms with Crippen molar-refractivity contribution in [3.63, 3.8) is 0 Å². The molecule has 2 atom stereocenters. The van der Waals surface area contributed by atoms with Gasteiger partial charge in [0, 0.05) is 36.3 Å². The molecule has 0 amide bonds. The molecule has 2 aromatic heterocycles. The maximum Gasteiger partial charge on any atom is 0.131 e. The minimum absolute atomic E-state index is 0.0785. The summed E-state index contributed by atoms with van der Waals surface area (Å²) >= 11 is 0. The van der Waals surface area contributed by atoms with Crippen molar-refractivity contribution in [3.05, 3.63) is 109 Å². The van der Waals surface area contributed by atoms with Gasteiger partial charge in [-0.2, -0.15) is 0 Å². The number of aromatic nitrogens is 4. The first-order valence-corrected chi connectivity index (χ1v) is 13.0. The minimum Gasteiger partial charge on any atom is -0.379 e. The number of morpholine rings is 1. The van der Waals surface area contributed by atoms with Crippen LogP contribution in [0.3, 0.4) is 0 Å². The van der Waals surface area contributed by atoms with E-state index >= 15 is 0 Å². The average Bonchev–Trinajstić information content (AvgIpc) is 3.55. The molecule has 3 heterocycles. The second-order valence-electron chi connectivity index (χ2n) is 9.72. The first kappa shape index (κ1) is 22.2. The van der Waals surface area contributed by atoms with Gasteiger partial charge in [-0.25, -0.2) is 4.68 Å². The molecule has 7 rings (SSSR count). The van der Waals surface area contributed by atoms with E-state index < -0.39 is 0 Å². The fraction of sp³-hybridized carbons (Fsp3) is 0.226. The first-order valence-electron chi connectivity index (χ1n) is 13.0. The third-order valence-corrected chi connectivity index (χ3v) is 7.68. The lowest BCUT2D eigenvalue weighted by Crippen LogP contribution is -2.40. The summed E-state index contributed by atoms with van der Waals surface area (Å²) in [5.41, 5.74) is 5.70. The second-order valence-corrected chi connectivity index (χ2v) is 9.72. The molecule has 6 nitrogen and oxygen atoms in total. The van der Waals surface area contributed by atoms with E-state index in [4.69, 9.17) is 9.95 Å². The molecule has 0 aliphatic carbocycles. The Morgan fingerprint density at radius 3 is 1.97 bits per heavy atom. The number of para-hydroxylation sites is 3. The molecule has 1 fully saturated rings. The number of hydrogen-bond donors (Lipinski definition) is 0. The van der Waals surface area contributed by atoms with Gasteiger partial charge in [-0.3, -0.25) is 4.90 Å². The maximum absolute atomic E-state index is 5.73. The number of fused-ring (bicyclic) bond motifs is 4. The minimum atomic E-state index is -0.0785. The van der Waals surface area contributed by atoms with Gasteiger partial charge in [-0.05, 0) is 29.8 Å². The maximum atomic E-state index is 5.73. The van der Waals surface area contributed by atoms with Crippen molar-refractivity contribution in [1.82, 2.24) is 24.5 Å². The van der Waals surface area contributed by atoms with Crippen LogP contribution in [0, 0.1) is 0 Å². The Balaban J connectivity index is 1.46. The van der Waals surface area contributed by atoms with E-state index in [1.807, 2.05) is 12.1 Å². The third-order valence-electron chi connectivity index (χ3n) is 7.68. The van der Waals surface area contributed by atoms with E-state index in [1.165, 1.54) is 27.4 Å². The Hall–Kier alpha value is -4.00. The topological polar surface area (TPSA) is 48.1 Å². The SMILES string of the molecule is c1ccc([C@H](C[C@H](n2nnc3ccccc32)n2c3ccccc3c3ccccc32)N2CCOCC2)cc1. The predicted molar refractivity (Wildman–Crippen MR) is 148 cm³/mol. The highest BCUT2D eigenvalue weighted by Crippen LogP contribution is 2.38. The molecule has 0 bridgehead atoms. The van der Waals surface area contributed by atoms with E-state index in [9.17, 15) is 0 Å². The monoisotopic (exact) mass is 487 g/mol. The lowest BCUT2D eigenvalue weighted by atomic mass is 9.99. The Morgan fingerprint density at radius 2 is 1.27 bits per heavy atom. The summed E-state index contributed by atoms with van der Waals surface area (Å²) in [6.45, 7) is 3.35. The van der Waals surface area contributed by atoms with Gasteiger partial charge in [-0.15, -0.1) is 5.10 Å². The summed E-state index contributed by atoms with van der Waals surface area (Å²) in [5.74, 6) is 0. The van der Waals surface area contributed by atoms with E-state index in [0.29, 0.717) is 0 Å². The molecule has 6 heteroatoms. The van der Waals surface area contributed by atoms with Gasteiger partial charge in [0.1, 0.15) is 11.7 Å². The Morgan fingerprint density at radius 1 is 0.676 bits per heavy atom. The smallest absolute Gasteiger partial charge is 0.131 e. The average molecular weight is 488 g/mol. The highest BCUT2D eigenvalue weighted by atomic mass is 16.5. The van der Waals surface area contributed by atoms with Crippen molar-refractivity contribution < 1.29 is 4.74 Å². The van der Waals surface area contributed by atoms with Gasteiger partial charge in [0.15, 0.2) is 0 Å². The Bertz CT molecular complexity index is 1610. The number of ether oxygens (including phenoxy) is 1. The van der Waals surface area contributed by atoms with Crippen LogP contribution in [-0.4, -0.2) is 50.8 Å². The summed E-state index contributed by atoms with van der Waals surface area (Å²) in [5, 5.41) is 11.8. The van der Waals surface area contributed by atoms with Crippen molar-refractivity contribution >= 4 is 32.8 Å². The van der Waals surface area contributed by atoms with E-state index in [1.54, 1.807) is 0 Å². The highest BCUT2D eigenvalue weighted by Gasteiger charge is 2.30. The molecule has 6 aromatic rings. The number of hydrogen-bond acceptors (Lipinski definition) is 4. The summed E-state index contributed by atoms with van der Waals surface area (Å²) in [7, 11) is 0. The molecule has 0 unspecified atom stereocenters. The van der Waals surface area contributed by atoms with Gasteiger partial charge in [0.05, 0.1) is 29.8 Å². The Kier molecular flexibility index (Phi) is 5.68. The van der Waals surface area contributed by atoms with Crippen LogP contribution in [0.2, 0.25) is 0 Å². The lowest BCUT2D eigenvalue weighted by molar-refractivity contribution is 0.0100. The van der Waals surface area contributed by atoms with Crippen molar-refractivity contribution in [3.8, 4) is 0 Å². The van der Waals surface area contributed by atoms with E-state index in [-0.39, 0.29) is 12.2 Å². The fourth-order valence-corrected chi connectivity index (χ4v) is 5.96. The fourth-order valence-electron chi connectivity index (χ4n) is 5.96. The van der Waals surface area contributed by atoms with Crippen molar-refractivity contribution in [2.45, 2.75) is 18.6 Å². The van der Waals surface area contributed by atoms with Gasteiger partial charge in [0.25, 0.3) is 0 Å². The van der Waals surface area contributed by atoms with Crippen LogP contribution in [0.1, 0.15) is 24.2 Å². The number of rotatable bonds is 6. The van der Waals surface area contributed by atoms with E-state index in [0.717, 1.165) is 43.8 Å². The quantitative estimate of drug-likeness (QED) is 0.287. The standard InChI is InChI=1S/C31H29N5O/c1-2-10-23(11-3-1)30(34-18-20-37-21-19-34)22-31(36-29-17-9-6-14-26(29)32-33-36)35-27-15-7-4-12-24(27)25-13-5-8-16-28(25)35/h1-17,30-31H,18-22H2/t30-,31-/m0/s1. The van der Waals surface area contributed by atoms with E-state index in [2.05, 4.69) is 110 Å². The first-order chi connectivity index (χ1) is 18.4. The van der Waals surface area contributed by atoms with Gasteiger partial charge < -0.3 is 9.30 Å². The molecule has 37 heavy (non-hydrogen) atoms. The number of nitrogens with zero attached hydrogens (tertiary/aromatic N) is 5. The second kappa shape index (κ2) is 9.47. The molecule has 184 valence electrons. The van der Waals surface area contributed by atoms with Crippen LogP contribution < -0.4 is 0 Å². The number of benzene rings is 4. The zero-order valence-electron chi connectivity index (χ0n) is 20.6. The predicted octanol–water partition coefficient (Wildman–Crippen LogP) is 6.05. The largest absolute Gasteiger partial charge is 0.379 e. The molecule has 0 saturated carbocycles. The molecule has 0 spiro atoms. The van der Waals surface area contributed by atoms with Crippen LogP contribution in [0.4, 0.5) is 0 Å². The van der Waals surface area contributed by atoms with Gasteiger partial charge in [0.2, 0.25) is 0 Å². The zero-order valence-corrected chi connectivity index (χ0v) is 20.6. The molecule has 1 saturated heterocycles. The highest BCUT2D eigenvalue weighted by molar-refractivity contribution is 6.08. The van der Waals surface area contributed by atoms with Crippen molar-refractivity contribution in [1.29, 1.82) is 0 Å². The van der Waals surface area contributed by atoms with Crippen molar-refractivity contribution in [2.24, 2.45) is 0 Å². The van der Waals surface area contributed by atoms with Crippen LogP contribution in [0.5, 0.6) is 0 Å². The van der Waals surface area contributed by atoms with Gasteiger partial charge >= 0.3 is 0 Å². The molecule has 0 N–H and O–H groups in total. The van der Waals surface area contributed by atoms with Gasteiger partial charge in [-0.1, -0.05) is 84.1 Å². The molecule has 4 aromatic carbocycles. The molecular weight excluding hydrogens is 458 g/mol. The van der Waals surface area contributed by atoms with Crippen LogP contribution in [-0.2, 0) is 4.74 Å². The molecule has 0 radical (unpaired) electrons.